The van der Waals surface area contributed by atoms with Crippen molar-refractivity contribution in [3.8, 4) is 0 Å². The summed E-state index contributed by atoms with van der Waals surface area (Å²) in [7, 11) is 0. The van der Waals surface area contributed by atoms with Crippen LogP contribution in [0.4, 0.5) is 5.13 Å². The van der Waals surface area contributed by atoms with Crippen LogP contribution in [-0.4, -0.2) is 33.9 Å². The molecule has 3 heterocycles. The van der Waals surface area contributed by atoms with E-state index in [2.05, 4.69) is 26.3 Å². The number of nitrogens with zero attached hydrogens (tertiary/aromatic N) is 3. The average Bonchev–Trinajstić information content (AvgIpc) is 3.19. The molecule has 1 aliphatic rings. The van der Waals surface area contributed by atoms with Gasteiger partial charge in [-0.15, -0.1) is 11.3 Å². The third-order valence-corrected chi connectivity index (χ3v) is 6.96. The van der Waals surface area contributed by atoms with E-state index in [-0.39, 0.29) is 11.8 Å². The number of thiazole rings is 1. The number of hydrogen-bond donors (Lipinski definition) is 1. The first-order chi connectivity index (χ1) is 14.6. The molecule has 2 aromatic heterocycles. The average molecular weight is 461 g/mol. The highest BCUT2D eigenvalue weighted by Crippen LogP contribution is 2.30. The molecule has 1 unspecified atom stereocenters. The molecule has 1 saturated heterocycles. The summed E-state index contributed by atoms with van der Waals surface area (Å²) in [5, 5.41) is 4.73. The maximum absolute atomic E-state index is 12.8. The third kappa shape index (κ3) is 5.38. The lowest BCUT2D eigenvalue weighted by atomic mass is 9.97. The number of rotatable bonds is 6. The quantitative estimate of drug-likeness (QED) is 0.542. The number of likely N-dealkylation sites (tertiary alicyclic amines) is 1. The molecule has 3 aromatic rings. The van der Waals surface area contributed by atoms with E-state index in [1.807, 2.05) is 24.4 Å². The van der Waals surface area contributed by atoms with Crippen molar-refractivity contribution in [2.45, 2.75) is 25.8 Å². The summed E-state index contributed by atoms with van der Waals surface area (Å²) in [6, 6.07) is 9.62. The van der Waals surface area contributed by atoms with Crippen LogP contribution in [0.1, 0.15) is 28.8 Å². The van der Waals surface area contributed by atoms with Crippen LogP contribution in [0.3, 0.4) is 0 Å². The highest BCUT2D eigenvalue weighted by Gasteiger charge is 2.26. The Labute approximate surface area is 190 Å². The van der Waals surface area contributed by atoms with Crippen molar-refractivity contribution >= 4 is 45.6 Å². The predicted molar refractivity (Wildman–Crippen MR) is 122 cm³/mol. The van der Waals surface area contributed by atoms with Crippen molar-refractivity contribution in [1.29, 1.82) is 0 Å². The maximum Gasteiger partial charge on any atom is 0.230 e. The van der Waals surface area contributed by atoms with E-state index in [0.717, 1.165) is 42.9 Å². The van der Waals surface area contributed by atoms with Gasteiger partial charge in [-0.2, -0.15) is 0 Å². The number of carbonyl (C=O) groups is 1. The number of benzene rings is 1. The number of anilines is 1. The van der Waals surface area contributed by atoms with Gasteiger partial charge in [0.2, 0.25) is 5.91 Å². The second-order valence-electron chi connectivity index (χ2n) is 7.45. The number of pyridine rings is 1. The van der Waals surface area contributed by atoms with Crippen molar-refractivity contribution < 1.29 is 4.79 Å². The SMILES string of the molecule is O=C(Nc1ncc(Cc2cccc(Cl)c2Cl)s1)C1CCCN(Cc2cccnc2)C1. The van der Waals surface area contributed by atoms with Crippen LogP contribution in [0.15, 0.2) is 48.9 Å². The van der Waals surface area contributed by atoms with Gasteiger partial charge in [0.05, 0.1) is 16.0 Å². The zero-order valence-corrected chi connectivity index (χ0v) is 18.7. The Hall–Kier alpha value is -1.99. The second kappa shape index (κ2) is 9.88. The molecule has 1 amide bonds. The first kappa shape index (κ1) is 21.2. The second-order valence-corrected chi connectivity index (χ2v) is 9.35. The monoisotopic (exact) mass is 460 g/mol. The number of carbonyl (C=O) groups excluding carboxylic acids is 1. The summed E-state index contributed by atoms with van der Waals surface area (Å²) < 4.78 is 0. The summed E-state index contributed by atoms with van der Waals surface area (Å²) in [5.74, 6) is -0.00211. The van der Waals surface area contributed by atoms with E-state index in [4.69, 9.17) is 23.2 Å². The molecule has 0 bridgehead atoms. The Balaban J connectivity index is 1.34. The largest absolute Gasteiger partial charge is 0.302 e. The van der Waals surface area contributed by atoms with Gasteiger partial charge in [0.1, 0.15) is 0 Å². The number of nitrogens with one attached hydrogen (secondary N) is 1. The minimum atomic E-state index is -0.0369. The molecule has 5 nitrogen and oxygen atoms in total. The van der Waals surface area contributed by atoms with Crippen LogP contribution in [0.25, 0.3) is 0 Å². The van der Waals surface area contributed by atoms with Crippen LogP contribution < -0.4 is 5.32 Å². The van der Waals surface area contributed by atoms with Gasteiger partial charge in [0.15, 0.2) is 5.13 Å². The van der Waals surface area contributed by atoms with Crippen molar-refractivity contribution in [3.63, 3.8) is 0 Å². The van der Waals surface area contributed by atoms with Crippen LogP contribution in [-0.2, 0) is 17.8 Å². The predicted octanol–water partition coefficient (Wildman–Crippen LogP) is 5.29. The highest BCUT2D eigenvalue weighted by atomic mass is 35.5. The number of amides is 1. The molecule has 0 radical (unpaired) electrons. The molecular formula is C22H22Cl2N4OS. The molecule has 1 fully saturated rings. The number of piperidine rings is 1. The van der Waals surface area contributed by atoms with E-state index >= 15 is 0 Å². The lowest BCUT2D eigenvalue weighted by molar-refractivity contribution is -0.121. The van der Waals surface area contributed by atoms with E-state index in [1.54, 1.807) is 18.5 Å². The van der Waals surface area contributed by atoms with Gasteiger partial charge < -0.3 is 5.32 Å². The van der Waals surface area contributed by atoms with Gasteiger partial charge in [0.25, 0.3) is 0 Å². The van der Waals surface area contributed by atoms with Crippen LogP contribution in [0.2, 0.25) is 10.0 Å². The minimum Gasteiger partial charge on any atom is -0.302 e. The van der Waals surface area contributed by atoms with Gasteiger partial charge >= 0.3 is 0 Å². The standard InChI is InChI=1S/C22H22Cl2N4OS/c23-19-7-1-5-16(20(19)24)10-18-12-26-22(30-18)27-21(29)17-6-3-9-28(14-17)13-15-4-2-8-25-11-15/h1-2,4-5,7-8,11-12,17H,3,6,9-10,13-14H2,(H,26,27,29). The Morgan fingerprint density at radius 2 is 2.13 bits per heavy atom. The fourth-order valence-electron chi connectivity index (χ4n) is 3.69. The minimum absolute atomic E-state index is 0.0348. The Bertz CT molecular complexity index is 1010. The fourth-order valence-corrected chi connectivity index (χ4v) is 4.92. The Morgan fingerprint density at radius 3 is 2.97 bits per heavy atom. The van der Waals surface area contributed by atoms with Gasteiger partial charge in [-0.3, -0.25) is 14.7 Å². The van der Waals surface area contributed by atoms with Gasteiger partial charge in [-0.1, -0.05) is 41.4 Å². The van der Waals surface area contributed by atoms with Gasteiger partial charge in [0, 0.05) is 43.0 Å². The number of aromatic nitrogens is 2. The molecule has 1 aromatic carbocycles. The van der Waals surface area contributed by atoms with Crippen molar-refractivity contribution in [2.24, 2.45) is 5.92 Å². The van der Waals surface area contributed by atoms with Gasteiger partial charge in [-0.05, 0) is 42.6 Å². The highest BCUT2D eigenvalue weighted by molar-refractivity contribution is 7.15. The van der Waals surface area contributed by atoms with Crippen molar-refractivity contribution in [1.82, 2.24) is 14.9 Å². The molecule has 0 saturated carbocycles. The van der Waals surface area contributed by atoms with Crippen LogP contribution in [0.5, 0.6) is 0 Å². The molecule has 1 atom stereocenters. The van der Waals surface area contributed by atoms with E-state index in [1.165, 1.54) is 16.9 Å². The van der Waals surface area contributed by atoms with Crippen LogP contribution >= 0.6 is 34.5 Å². The molecule has 30 heavy (non-hydrogen) atoms. The summed E-state index contributed by atoms with van der Waals surface area (Å²) >= 11 is 13.8. The summed E-state index contributed by atoms with van der Waals surface area (Å²) in [6.45, 7) is 2.57. The van der Waals surface area contributed by atoms with Gasteiger partial charge in [-0.25, -0.2) is 4.98 Å². The molecular weight excluding hydrogens is 439 g/mol. The number of hydrogen-bond acceptors (Lipinski definition) is 5. The van der Waals surface area contributed by atoms with E-state index in [9.17, 15) is 4.79 Å². The zero-order chi connectivity index (χ0) is 20.9. The van der Waals surface area contributed by atoms with E-state index < -0.39 is 0 Å². The van der Waals surface area contributed by atoms with Crippen molar-refractivity contribution in [2.75, 3.05) is 18.4 Å². The molecule has 0 aliphatic carbocycles. The number of halogens is 2. The summed E-state index contributed by atoms with van der Waals surface area (Å²) in [4.78, 5) is 24.7. The normalized spacial score (nSPS) is 17.1. The molecule has 156 valence electrons. The van der Waals surface area contributed by atoms with Crippen LogP contribution in [0, 0.1) is 5.92 Å². The Morgan fingerprint density at radius 1 is 1.23 bits per heavy atom. The topological polar surface area (TPSA) is 58.1 Å². The Kier molecular flexibility index (Phi) is 7.00. The molecule has 1 N–H and O–H groups in total. The fraction of sp³-hybridized carbons (Fsp3) is 0.318. The molecule has 1 aliphatic heterocycles. The lowest BCUT2D eigenvalue weighted by Gasteiger charge is -2.31. The molecule has 8 heteroatoms. The lowest BCUT2D eigenvalue weighted by Crippen LogP contribution is -2.40. The third-order valence-electron chi connectivity index (χ3n) is 5.19. The molecule has 4 rings (SSSR count). The summed E-state index contributed by atoms with van der Waals surface area (Å²) in [5.41, 5.74) is 2.12. The maximum atomic E-state index is 12.8. The smallest absolute Gasteiger partial charge is 0.230 e. The summed E-state index contributed by atoms with van der Waals surface area (Å²) in [6.07, 6.45) is 7.98. The van der Waals surface area contributed by atoms with E-state index in [0.29, 0.717) is 21.6 Å². The zero-order valence-electron chi connectivity index (χ0n) is 16.4. The van der Waals surface area contributed by atoms with Crippen molar-refractivity contribution in [3.05, 3.63) is 75.0 Å². The first-order valence-electron chi connectivity index (χ1n) is 9.88. The molecule has 0 spiro atoms. The first-order valence-corrected chi connectivity index (χ1v) is 11.5.